The molecule has 0 heterocycles. The highest BCUT2D eigenvalue weighted by Gasteiger charge is 2.20. The van der Waals surface area contributed by atoms with E-state index in [4.69, 9.17) is 5.73 Å². The topological polar surface area (TPSA) is 155 Å². The molecule has 1 aromatic rings. The van der Waals surface area contributed by atoms with E-state index in [2.05, 4.69) is 45.4 Å². The number of esters is 1. The molecule has 0 fully saturated rings. The zero-order valence-corrected chi connectivity index (χ0v) is 20.3. The maximum absolute atomic E-state index is 12.3. The van der Waals surface area contributed by atoms with Gasteiger partial charge in [-0.3, -0.25) is 9.59 Å². The van der Waals surface area contributed by atoms with E-state index < -0.39 is 23.9 Å². The molecule has 10 nitrogen and oxygen atoms in total. The molecule has 0 bridgehead atoms. The Morgan fingerprint density at radius 3 is 2.31 bits per heavy atom. The highest BCUT2D eigenvalue weighted by molar-refractivity contribution is 6.45. The molecule has 10 heteroatoms. The van der Waals surface area contributed by atoms with Crippen molar-refractivity contribution in [3.63, 3.8) is 0 Å². The molecule has 0 aliphatic carbocycles. The van der Waals surface area contributed by atoms with Crippen LogP contribution in [0, 0.1) is 0 Å². The number of anilines is 1. The molecule has 0 saturated carbocycles. The number of carbonyl (C=O) groups is 3. The summed E-state index contributed by atoms with van der Waals surface area (Å²) in [6.07, 6.45) is 1.81. The normalized spacial score (nSPS) is 12.2. The van der Waals surface area contributed by atoms with Crippen molar-refractivity contribution >= 4 is 34.9 Å². The summed E-state index contributed by atoms with van der Waals surface area (Å²) in [4.78, 5) is 39.5. The smallest absolute Gasteiger partial charge is 0.326 e. The van der Waals surface area contributed by atoms with E-state index in [0.717, 1.165) is 5.69 Å². The van der Waals surface area contributed by atoms with Crippen LogP contribution in [0.15, 0.2) is 72.2 Å². The molecule has 0 aromatic heterocycles. The number of aliphatic carboxylic acids is 1. The number of benzene rings is 1. The van der Waals surface area contributed by atoms with E-state index >= 15 is 0 Å². The number of allylic oxidation sites excluding steroid dienone is 1. The van der Waals surface area contributed by atoms with Crippen molar-refractivity contribution in [1.82, 2.24) is 10.6 Å². The van der Waals surface area contributed by atoms with Gasteiger partial charge >= 0.3 is 11.9 Å². The maximum Gasteiger partial charge on any atom is 0.326 e. The second-order valence-corrected chi connectivity index (χ2v) is 7.56. The largest absolute Gasteiger partial charge is 0.480 e. The van der Waals surface area contributed by atoms with Gasteiger partial charge in [-0.2, -0.15) is 0 Å². The average molecular weight is 484 g/mol. The van der Waals surface area contributed by atoms with E-state index in [0.29, 0.717) is 29.1 Å². The molecule has 188 valence electrons. The fraction of sp³-hybridized carbons (Fsp3) is 0.280. The van der Waals surface area contributed by atoms with Crippen LogP contribution in [-0.4, -0.2) is 48.4 Å². The Hall–Kier alpha value is -4.34. The van der Waals surface area contributed by atoms with E-state index in [-0.39, 0.29) is 24.4 Å². The summed E-state index contributed by atoms with van der Waals surface area (Å²) in [7, 11) is 1.25. The number of methoxy groups -OCH3 is 1. The zero-order valence-electron chi connectivity index (χ0n) is 20.3. The summed E-state index contributed by atoms with van der Waals surface area (Å²) in [5.41, 5.74) is 8.53. The Morgan fingerprint density at radius 1 is 1.20 bits per heavy atom. The SMILES string of the molecule is C=C(N)NC(=O)C(=N/C(=C\C)CNc1ccc(C(=C)NC(CCC(=O)OC)C(=O)O)cc1)C(=C)C. The number of nitrogens with zero attached hydrogens (tertiary/aromatic N) is 1. The van der Waals surface area contributed by atoms with Gasteiger partial charge in [0.05, 0.1) is 25.2 Å². The van der Waals surface area contributed by atoms with Crippen LogP contribution in [0.2, 0.25) is 0 Å². The van der Waals surface area contributed by atoms with Gasteiger partial charge in [0.1, 0.15) is 11.8 Å². The Kier molecular flexibility index (Phi) is 11.5. The fourth-order valence-electron chi connectivity index (χ4n) is 2.79. The van der Waals surface area contributed by atoms with Crippen molar-refractivity contribution in [3.05, 3.63) is 72.7 Å². The van der Waals surface area contributed by atoms with Gasteiger partial charge in [-0.1, -0.05) is 37.9 Å². The first-order chi connectivity index (χ1) is 16.5. The summed E-state index contributed by atoms with van der Waals surface area (Å²) >= 11 is 0. The van der Waals surface area contributed by atoms with Crippen molar-refractivity contribution in [2.45, 2.75) is 32.7 Å². The van der Waals surface area contributed by atoms with Gasteiger partial charge in [-0.15, -0.1) is 0 Å². The molecule has 35 heavy (non-hydrogen) atoms. The number of aliphatic imine (C=N–C) groups is 1. The number of carbonyl (C=O) groups excluding carboxylic acids is 2. The second kappa shape index (κ2) is 14.0. The number of amides is 1. The van der Waals surface area contributed by atoms with Gasteiger partial charge in [0, 0.05) is 17.8 Å². The summed E-state index contributed by atoms with van der Waals surface area (Å²) in [5, 5.41) is 17.9. The van der Waals surface area contributed by atoms with Crippen LogP contribution in [0.5, 0.6) is 0 Å². The molecule has 6 N–H and O–H groups in total. The Bertz CT molecular complexity index is 1040. The van der Waals surface area contributed by atoms with Gasteiger partial charge in [0.2, 0.25) is 0 Å². The van der Waals surface area contributed by atoms with Crippen molar-refractivity contribution in [2.75, 3.05) is 19.0 Å². The maximum atomic E-state index is 12.3. The third-order valence-electron chi connectivity index (χ3n) is 4.70. The average Bonchev–Trinajstić information content (AvgIpc) is 2.80. The molecule has 1 atom stereocenters. The lowest BCUT2D eigenvalue weighted by Gasteiger charge is -2.17. The minimum atomic E-state index is -1.09. The number of hydrogen-bond donors (Lipinski definition) is 5. The quantitative estimate of drug-likeness (QED) is 0.200. The molecule has 1 rings (SSSR count). The van der Waals surface area contributed by atoms with Crippen molar-refractivity contribution < 1.29 is 24.2 Å². The van der Waals surface area contributed by atoms with Gasteiger partial charge < -0.3 is 31.5 Å². The van der Waals surface area contributed by atoms with Crippen molar-refractivity contribution in [3.8, 4) is 0 Å². The monoisotopic (exact) mass is 483 g/mol. The molecule has 1 unspecified atom stereocenters. The number of carboxylic acid groups (broad SMARTS) is 1. The zero-order chi connectivity index (χ0) is 26.5. The van der Waals surface area contributed by atoms with Crippen LogP contribution in [0.4, 0.5) is 5.69 Å². The van der Waals surface area contributed by atoms with Crippen LogP contribution < -0.4 is 21.7 Å². The second-order valence-electron chi connectivity index (χ2n) is 7.56. The lowest BCUT2D eigenvalue weighted by Crippen LogP contribution is -2.35. The van der Waals surface area contributed by atoms with E-state index in [1.165, 1.54) is 7.11 Å². The summed E-state index contributed by atoms with van der Waals surface area (Å²) in [5.74, 6) is -2.06. The third kappa shape index (κ3) is 9.99. The highest BCUT2D eigenvalue weighted by Crippen LogP contribution is 2.17. The molecule has 0 aliphatic rings. The van der Waals surface area contributed by atoms with E-state index in [9.17, 15) is 19.5 Å². The lowest BCUT2D eigenvalue weighted by atomic mass is 10.1. The Labute approximate surface area is 205 Å². The fourth-order valence-corrected chi connectivity index (χ4v) is 2.79. The third-order valence-corrected chi connectivity index (χ3v) is 4.70. The standard InChI is InChI=1S/C25H33N5O5/c1-7-19(30-23(15(2)3)24(32)29-17(5)26)14-27-20-10-8-18(9-11-20)16(4)28-21(25(33)34)12-13-22(31)35-6/h7-11,21,27-28H,2,4-5,12-14,26H2,1,3,6H3,(H,29,32)(H,33,34)/b19-7-,30-23?. The van der Waals surface area contributed by atoms with E-state index in [1.807, 2.05) is 0 Å². The van der Waals surface area contributed by atoms with Crippen LogP contribution in [0.3, 0.4) is 0 Å². The first kappa shape index (κ1) is 28.7. The Morgan fingerprint density at radius 2 is 1.83 bits per heavy atom. The number of nitrogens with two attached hydrogens (primary N) is 1. The molecule has 1 aromatic carbocycles. The number of rotatable bonds is 14. The van der Waals surface area contributed by atoms with Crippen molar-refractivity contribution in [1.29, 1.82) is 0 Å². The summed E-state index contributed by atoms with van der Waals surface area (Å²) < 4.78 is 4.56. The number of carboxylic acids is 1. The first-order valence-corrected chi connectivity index (χ1v) is 10.7. The van der Waals surface area contributed by atoms with Gasteiger partial charge in [0.15, 0.2) is 0 Å². The van der Waals surface area contributed by atoms with Crippen LogP contribution >= 0.6 is 0 Å². The molecular formula is C25H33N5O5. The summed E-state index contributed by atoms with van der Waals surface area (Å²) in [6, 6.07) is 6.16. The number of nitrogens with one attached hydrogen (secondary N) is 3. The first-order valence-electron chi connectivity index (χ1n) is 10.7. The molecule has 1 amide bonds. The molecule has 0 saturated heterocycles. The number of ether oxygens (including phenoxy) is 1. The van der Waals surface area contributed by atoms with Crippen LogP contribution in [0.25, 0.3) is 5.70 Å². The van der Waals surface area contributed by atoms with Gasteiger partial charge in [-0.25, -0.2) is 9.79 Å². The predicted molar refractivity (Wildman–Crippen MR) is 137 cm³/mol. The van der Waals surface area contributed by atoms with Crippen molar-refractivity contribution in [2.24, 2.45) is 10.7 Å². The molecule has 0 radical (unpaired) electrons. The molecular weight excluding hydrogens is 450 g/mol. The minimum Gasteiger partial charge on any atom is -0.480 e. The number of hydrogen-bond acceptors (Lipinski definition) is 8. The Balaban J connectivity index is 2.82. The van der Waals surface area contributed by atoms with Gasteiger partial charge in [-0.05, 0) is 43.5 Å². The predicted octanol–water partition coefficient (Wildman–Crippen LogP) is 2.53. The highest BCUT2D eigenvalue weighted by atomic mass is 16.5. The lowest BCUT2D eigenvalue weighted by molar-refractivity contribution is -0.142. The van der Waals surface area contributed by atoms with Gasteiger partial charge in [0.25, 0.3) is 5.91 Å². The molecule has 0 spiro atoms. The summed E-state index contributed by atoms with van der Waals surface area (Å²) in [6.45, 7) is 14.9. The minimum absolute atomic E-state index is 0.0124. The van der Waals surface area contributed by atoms with Crippen LogP contribution in [-0.2, 0) is 19.1 Å². The van der Waals surface area contributed by atoms with Crippen LogP contribution in [0.1, 0.15) is 32.3 Å². The van der Waals surface area contributed by atoms with E-state index in [1.54, 1.807) is 44.2 Å². The molecule has 0 aliphatic heterocycles.